The largest absolute Gasteiger partial charge is 0.330 e. The Balaban J connectivity index is 2.40. The lowest BCUT2D eigenvalue weighted by Gasteiger charge is -2.05. The lowest BCUT2D eigenvalue weighted by atomic mass is 10.3. The Hall–Kier alpha value is -1.20. The second kappa shape index (κ2) is 4.55. The molecule has 0 bridgehead atoms. The van der Waals surface area contributed by atoms with Gasteiger partial charge in [-0.15, -0.1) is 10.2 Å². The molecule has 1 aromatic heterocycles. The summed E-state index contributed by atoms with van der Waals surface area (Å²) >= 11 is 3.43. The van der Waals surface area contributed by atoms with Gasteiger partial charge >= 0.3 is 0 Å². The minimum Gasteiger partial charge on any atom is -0.330 e. The number of hydrogen-bond donors (Lipinski definition) is 1. The number of rotatable bonds is 3. The molecule has 1 aromatic carbocycles. The van der Waals surface area contributed by atoms with Gasteiger partial charge in [-0.2, -0.15) is 0 Å². The SMILES string of the molecule is NCCc1nncn1-c1cccc(Br)c1. The third kappa shape index (κ3) is 2.24. The highest BCUT2D eigenvalue weighted by atomic mass is 79.9. The molecular weight excluding hydrogens is 256 g/mol. The molecule has 1 heterocycles. The van der Waals surface area contributed by atoms with Gasteiger partial charge in [0.1, 0.15) is 12.2 Å². The highest BCUT2D eigenvalue weighted by Gasteiger charge is 2.04. The summed E-state index contributed by atoms with van der Waals surface area (Å²) in [6.45, 7) is 0.576. The molecule has 2 N–H and O–H groups in total. The van der Waals surface area contributed by atoms with E-state index in [-0.39, 0.29) is 0 Å². The normalized spacial score (nSPS) is 10.5. The third-order valence-corrected chi connectivity index (χ3v) is 2.57. The van der Waals surface area contributed by atoms with E-state index in [0.29, 0.717) is 6.54 Å². The van der Waals surface area contributed by atoms with Crippen LogP contribution in [0.5, 0.6) is 0 Å². The van der Waals surface area contributed by atoms with Gasteiger partial charge < -0.3 is 5.73 Å². The van der Waals surface area contributed by atoms with Crippen LogP contribution >= 0.6 is 15.9 Å². The molecule has 5 heteroatoms. The Kier molecular flexibility index (Phi) is 3.13. The fraction of sp³-hybridized carbons (Fsp3) is 0.200. The van der Waals surface area contributed by atoms with E-state index in [1.807, 2.05) is 28.8 Å². The highest BCUT2D eigenvalue weighted by molar-refractivity contribution is 9.10. The van der Waals surface area contributed by atoms with Gasteiger partial charge in [-0.1, -0.05) is 22.0 Å². The molecule has 0 saturated carbocycles. The molecule has 0 aliphatic rings. The van der Waals surface area contributed by atoms with Gasteiger partial charge in [0, 0.05) is 16.6 Å². The predicted molar refractivity (Wildman–Crippen MR) is 61.8 cm³/mol. The maximum atomic E-state index is 5.51. The number of hydrogen-bond acceptors (Lipinski definition) is 3. The van der Waals surface area contributed by atoms with Gasteiger partial charge in [-0.05, 0) is 24.7 Å². The Labute approximate surface area is 96.3 Å². The fourth-order valence-corrected chi connectivity index (χ4v) is 1.79. The summed E-state index contributed by atoms with van der Waals surface area (Å²) in [6.07, 6.45) is 2.43. The standard InChI is InChI=1S/C10H11BrN4/c11-8-2-1-3-9(6-8)15-7-13-14-10(15)4-5-12/h1-3,6-7H,4-5,12H2. The zero-order valence-corrected chi connectivity index (χ0v) is 9.68. The summed E-state index contributed by atoms with van der Waals surface area (Å²) in [4.78, 5) is 0. The van der Waals surface area contributed by atoms with Crippen molar-refractivity contribution < 1.29 is 0 Å². The van der Waals surface area contributed by atoms with Gasteiger partial charge in [0.15, 0.2) is 0 Å². The molecule has 0 unspecified atom stereocenters. The fourth-order valence-electron chi connectivity index (χ4n) is 1.40. The molecular formula is C10H11BrN4. The van der Waals surface area contributed by atoms with E-state index >= 15 is 0 Å². The van der Waals surface area contributed by atoms with Gasteiger partial charge in [0.05, 0.1) is 0 Å². The van der Waals surface area contributed by atoms with E-state index in [2.05, 4.69) is 26.1 Å². The number of nitrogens with zero attached hydrogens (tertiary/aromatic N) is 3. The topological polar surface area (TPSA) is 56.7 Å². The molecule has 2 rings (SSSR count). The molecule has 0 spiro atoms. The lowest BCUT2D eigenvalue weighted by Crippen LogP contribution is -2.08. The molecule has 78 valence electrons. The van der Waals surface area contributed by atoms with Crippen molar-refractivity contribution >= 4 is 15.9 Å². The molecule has 0 fully saturated rings. The van der Waals surface area contributed by atoms with E-state index < -0.39 is 0 Å². The lowest BCUT2D eigenvalue weighted by molar-refractivity contribution is 0.830. The Bertz CT molecular complexity index is 452. The van der Waals surface area contributed by atoms with Crippen LogP contribution in [0.4, 0.5) is 0 Å². The summed E-state index contributed by atoms with van der Waals surface area (Å²) in [5.41, 5.74) is 6.55. The maximum Gasteiger partial charge on any atom is 0.138 e. The average molecular weight is 267 g/mol. The van der Waals surface area contributed by atoms with Crippen LogP contribution in [0.1, 0.15) is 5.82 Å². The number of nitrogens with two attached hydrogens (primary N) is 1. The summed E-state index contributed by atoms with van der Waals surface area (Å²) < 4.78 is 2.98. The molecule has 0 aliphatic heterocycles. The molecule has 15 heavy (non-hydrogen) atoms. The smallest absolute Gasteiger partial charge is 0.138 e. The van der Waals surface area contributed by atoms with Crippen LogP contribution < -0.4 is 5.73 Å². The first kappa shape index (κ1) is 10.3. The van der Waals surface area contributed by atoms with Gasteiger partial charge in [-0.25, -0.2) is 0 Å². The first-order chi connectivity index (χ1) is 7.31. The predicted octanol–water partition coefficient (Wildman–Crippen LogP) is 1.53. The van der Waals surface area contributed by atoms with Gasteiger partial charge in [-0.3, -0.25) is 4.57 Å². The zero-order valence-electron chi connectivity index (χ0n) is 8.10. The summed E-state index contributed by atoms with van der Waals surface area (Å²) in [5, 5.41) is 7.92. The van der Waals surface area contributed by atoms with Crippen LogP contribution in [0.3, 0.4) is 0 Å². The van der Waals surface area contributed by atoms with Crippen molar-refractivity contribution in [3.63, 3.8) is 0 Å². The van der Waals surface area contributed by atoms with Crippen LogP contribution in [-0.4, -0.2) is 21.3 Å². The van der Waals surface area contributed by atoms with E-state index in [1.54, 1.807) is 6.33 Å². The van der Waals surface area contributed by atoms with Crippen molar-refractivity contribution in [1.82, 2.24) is 14.8 Å². The van der Waals surface area contributed by atoms with Crippen molar-refractivity contribution in [2.24, 2.45) is 5.73 Å². The van der Waals surface area contributed by atoms with Crippen molar-refractivity contribution in [1.29, 1.82) is 0 Å². The van der Waals surface area contributed by atoms with Crippen molar-refractivity contribution in [2.75, 3.05) is 6.54 Å². The molecule has 2 aromatic rings. The first-order valence-electron chi connectivity index (χ1n) is 4.66. The Morgan fingerprint density at radius 2 is 2.27 bits per heavy atom. The Morgan fingerprint density at radius 1 is 1.40 bits per heavy atom. The van der Waals surface area contributed by atoms with Crippen LogP contribution in [0, 0.1) is 0 Å². The van der Waals surface area contributed by atoms with E-state index in [4.69, 9.17) is 5.73 Å². The molecule has 0 saturated heterocycles. The van der Waals surface area contributed by atoms with Gasteiger partial charge in [0.25, 0.3) is 0 Å². The van der Waals surface area contributed by atoms with Crippen molar-refractivity contribution in [3.05, 3.63) is 40.9 Å². The van der Waals surface area contributed by atoms with E-state index in [0.717, 1.165) is 22.4 Å². The van der Waals surface area contributed by atoms with Crippen LogP contribution in [-0.2, 0) is 6.42 Å². The molecule has 0 aliphatic carbocycles. The minimum absolute atomic E-state index is 0.576. The zero-order chi connectivity index (χ0) is 10.7. The monoisotopic (exact) mass is 266 g/mol. The minimum atomic E-state index is 0.576. The maximum absolute atomic E-state index is 5.51. The second-order valence-electron chi connectivity index (χ2n) is 3.14. The second-order valence-corrected chi connectivity index (χ2v) is 4.05. The number of aromatic nitrogens is 3. The van der Waals surface area contributed by atoms with Gasteiger partial charge in [0.2, 0.25) is 0 Å². The molecule has 0 amide bonds. The number of benzene rings is 1. The van der Waals surface area contributed by atoms with Crippen LogP contribution in [0.15, 0.2) is 35.1 Å². The quantitative estimate of drug-likeness (QED) is 0.917. The molecule has 0 atom stereocenters. The third-order valence-electron chi connectivity index (χ3n) is 2.07. The summed E-state index contributed by atoms with van der Waals surface area (Å²) in [5.74, 6) is 0.885. The van der Waals surface area contributed by atoms with Crippen LogP contribution in [0.25, 0.3) is 5.69 Å². The van der Waals surface area contributed by atoms with E-state index in [9.17, 15) is 0 Å². The first-order valence-corrected chi connectivity index (χ1v) is 5.45. The highest BCUT2D eigenvalue weighted by Crippen LogP contribution is 2.16. The Morgan fingerprint density at radius 3 is 3.00 bits per heavy atom. The molecule has 4 nitrogen and oxygen atoms in total. The van der Waals surface area contributed by atoms with Crippen LogP contribution in [0.2, 0.25) is 0 Å². The summed E-state index contributed by atoms with van der Waals surface area (Å²) in [7, 11) is 0. The van der Waals surface area contributed by atoms with Crippen molar-refractivity contribution in [2.45, 2.75) is 6.42 Å². The van der Waals surface area contributed by atoms with E-state index in [1.165, 1.54) is 0 Å². The van der Waals surface area contributed by atoms with Crippen molar-refractivity contribution in [3.8, 4) is 5.69 Å². The summed E-state index contributed by atoms with van der Waals surface area (Å²) in [6, 6.07) is 7.99. The average Bonchev–Trinajstić information content (AvgIpc) is 2.66. The molecule has 0 radical (unpaired) electrons. The number of halogens is 1.